The fourth-order valence-electron chi connectivity index (χ4n) is 4.39. The molecule has 2 aliphatic rings. The minimum Gasteiger partial charge on any atom is -0.437 e. The average Bonchev–Trinajstić information content (AvgIpc) is 3.28. The van der Waals surface area contributed by atoms with Crippen LogP contribution in [0.5, 0.6) is 11.5 Å². The number of carbonyl (C=O) groups is 2. The quantitative estimate of drug-likeness (QED) is 0.201. The van der Waals surface area contributed by atoms with Gasteiger partial charge in [-0.05, 0) is 38.0 Å². The molecule has 0 radical (unpaired) electrons. The summed E-state index contributed by atoms with van der Waals surface area (Å²) in [5.74, 6) is 0.611. The van der Waals surface area contributed by atoms with Gasteiger partial charge in [0.05, 0.1) is 7.11 Å². The van der Waals surface area contributed by atoms with E-state index in [-0.39, 0.29) is 11.8 Å². The summed E-state index contributed by atoms with van der Waals surface area (Å²) >= 11 is 6.24. The van der Waals surface area contributed by atoms with Crippen LogP contribution in [0.1, 0.15) is 49.7 Å². The number of hydrogen-bond acceptors (Lipinski definition) is 5. The Morgan fingerprint density at radius 1 is 1.17 bits per heavy atom. The maximum atomic E-state index is 12.4. The van der Waals surface area contributed by atoms with E-state index in [9.17, 15) is 9.59 Å². The topological polar surface area (TPSA) is 61.8 Å². The molecule has 6 heteroatoms. The number of benzene rings is 2. The van der Waals surface area contributed by atoms with Crippen LogP contribution in [-0.4, -0.2) is 19.2 Å². The van der Waals surface area contributed by atoms with Gasteiger partial charge < -0.3 is 14.2 Å². The normalized spacial score (nSPS) is 19.0. The van der Waals surface area contributed by atoms with Crippen molar-refractivity contribution in [3.63, 3.8) is 0 Å². The lowest BCUT2D eigenvalue weighted by atomic mass is 9.86. The van der Waals surface area contributed by atoms with Gasteiger partial charge in [-0.3, -0.25) is 0 Å². The van der Waals surface area contributed by atoms with Crippen molar-refractivity contribution in [1.82, 2.24) is 0 Å². The number of methoxy groups -OCH3 is 1. The monoisotopic (exact) mass is 412 g/mol. The van der Waals surface area contributed by atoms with Crippen molar-refractivity contribution in [3.8, 4) is 11.5 Å². The second-order valence-electron chi connectivity index (χ2n) is 7.39. The molecule has 0 aliphatic heterocycles. The van der Waals surface area contributed by atoms with E-state index in [1.165, 1.54) is 12.7 Å². The molecular weight excluding hydrogens is 392 g/mol. The number of fused-ring (bicyclic) bond motifs is 6. The van der Waals surface area contributed by atoms with E-state index in [1.807, 2.05) is 0 Å². The first kappa shape index (κ1) is 19.5. The molecule has 0 saturated heterocycles. The Morgan fingerprint density at radius 3 is 2.55 bits per heavy atom. The van der Waals surface area contributed by atoms with Gasteiger partial charge >= 0.3 is 12.1 Å². The van der Waals surface area contributed by atoms with Crippen LogP contribution in [-0.2, 0) is 9.53 Å². The van der Waals surface area contributed by atoms with Gasteiger partial charge in [0.2, 0.25) is 0 Å². The number of hydrogen-bond donors (Lipinski definition) is 0. The third-order valence-electron chi connectivity index (χ3n) is 5.63. The Kier molecular flexibility index (Phi) is 4.87. The van der Waals surface area contributed by atoms with Crippen LogP contribution in [0, 0.1) is 0 Å². The molecule has 0 heterocycles. The molecule has 0 spiro atoms. The highest BCUT2D eigenvalue weighted by atomic mass is 35.5. The Morgan fingerprint density at radius 2 is 1.90 bits per heavy atom. The molecule has 0 fully saturated rings. The van der Waals surface area contributed by atoms with Gasteiger partial charge in [0.1, 0.15) is 11.5 Å². The summed E-state index contributed by atoms with van der Waals surface area (Å²) in [5, 5.41) is 1.74. The van der Waals surface area contributed by atoms with Gasteiger partial charge in [-0.1, -0.05) is 36.8 Å². The standard InChI is InChI=1S/C23H21ClO5/c1-5-12-8-13-9-16(12)19-18(13)21(29-23(26)27-4)17-10-14(24)6-7-15(17)20(19)28-22(25)11(2)3/h6-8,10,13,16H,2,5,9H2,1,3-4H3. The van der Waals surface area contributed by atoms with Gasteiger partial charge in [0.25, 0.3) is 0 Å². The zero-order chi connectivity index (χ0) is 20.9. The van der Waals surface area contributed by atoms with Crippen molar-refractivity contribution in [3.05, 3.63) is 58.1 Å². The van der Waals surface area contributed by atoms with Crippen LogP contribution >= 0.6 is 11.6 Å². The van der Waals surface area contributed by atoms with Gasteiger partial charge in [-0.25, -0.2) is 9.59 Å². The lowest BCUT2D eigenvalue weighted by molar-refractivity contribution is -0.130. The summed E-state index contributed by atoms with van der Waals surface area (Å²) in [6.07, 6.45) is 3.18. The van der Waals surface area contributed by atoms with Crippen molar-refractivity contribution < 1.29 is 23.8 Å². The first-order valence-electron chi connectivity index (χ1n) is 9.48. The number of halogens is 1. The fourth-order valence-corrected chi connectivity index (χ4v) is 4.56. The first-order valence-corrected chi connectivity index (χ1v) is 9.86. The van der Waals surface area contributed by atoms with Crippen molar-refractivity contribution in [2.45, 2.75) is 38.5 Å². The Balaban J connectivity index is 2.04. The number of carbonyl (C=O) groups excluding carboxylic acids is 2. The molecule has 4 rings (SSSR count). The average molecular weight is 413 g/mol. The number of allylic oxidation sites excluding steroid dienone is 2. The van der Waals surface area contributed by atoms with Crippen LogP contribution in [0.15, 0.2) is 42.0 Å². The Hall–Kier alpha value is -2.79. The Bertz CT molecular complexity index is 1100. The highest BCUT2D eigenvalue weighted by Gasteiger charge is 2.43. The molecule has 29 heavy (non-hydrogen) atoms. The third kappa shape index (κ3) is 3.10. The van der Waals surface area contributed by atoms with E-state index in [2.05, 4.69) is 19.6 Å². The largest absolute Gasteiger partial charge is 0.513 e. The number of rotatable bonds is 4. The van der Waals surface area contributed by atoms with Crippen molar-refractivity contribution in [1.29, 1.82) is 0 Å². The van der Waals surface area contributed by atoms with Crippen LogP contribution in [0.2, 0.25) is 5.02 Å². The molecule has 2 bridgehead atoms. The molecule has 150 valence electrons. The molecular formula is C23H21ClO5. The predicted octanol–water partition coefficient (Wildman–Crippen LogP) is 6.04. The lowest BCUT2D eigenvalue weighted by Crippen LogP contribution is -2.15. The van der Waals surface area contributed by atoms with E-state index in [0.717, 1.165) is 24.0 Å². The van der Waals surface area contributed by atoms with E-state index >= 15 is 0 Å². The van der Waals surface area contributed by atoms with Crippen LogP contribution < -0.4 is 9.47 Å². The Labute approximate surface area is 173 Å². The highest BCUT2D eigenvalue weighted by Crippen LogP contribution is 2.61. The minimum absolute atomic E-state index is 0.0790. The highest BCUT2D eigenvalue weighted by molar-refractivity contribution is 6.31. The molecule has 0 N–H and O–H groups in total. The van der Waals surface area contributed by atoms with E-state index in [0.29, 0.717) is 32.9 Å². The molecule has 2 unspecified atom stereocenters. The van der Waals surface area contributed by atoms with Gasteiger partial charge in [0, 0.05) is 44.3 Å². The second kappa shape index (κ2) is 7.23. The van der Waals surface area contributed by atoms with Crippen LogP contribution in [0.3, 0.4) is 0 Å². The zero-order valence-corrected chi connectivity index (χ0v) is 17.3. The summed E-state index contributed by atoms with van der Waals surface area (Å²) in [6.45, 7) is 7.41. The molecule has 0 aromatic heterocycles. The lowest BCUT2D eigenvalue weighted by Gasteiger charge is -2.24. The molecule has 0 amide bonds. The zero-order valence-electron chi connectivity index (χ0n) is 16.5. The first-order chi connectivity index (χ1) is 13.8. The molecule has 2 aromatic carbocycles. The van der Waals surface area contributed by atoms with E-state index in [1.54, 1.807) is 25.1 Å². The molecule has 5 nitrogen and oxygen atoms in total. The maximum Gasteiger partial charge on any atom is 0.513 e. The summed E-state index contributed by atoms with van der Waals surface area (Å²) in [7, 11) is 1.27. The number of ether oxygens (including phenoxy) is 3. The summed E-state index contributed by atoms with van der Waals surface area (Å²) in [5.41, 5.74) is 3.37. The third-order valence-corrected chi connectivity index (χ3v) is 5.86. The van der Waals surface area contributed by atoms with Crippen LogP contribution in [0.25, 0.3) is 10.8 Å². The molecule has 2 aromatic rings. The summed E-state index contributed by atoms with van der Waals surface area (Å²) < 4.78 is 16.2. The van der Waals surface area contributed by atoms with Gasteiger partial charge in [-0.15, -0.1) is 0 Å². The summed E-state index contributed by atoms with van der Waals surface area (Å²) in [4.78, 5) is 24.4. The molecule has 0 saturated carbocycles. The van der Waals surface area contributed by atoms with E-state index in [4.69, 9.17) is 25.8 Å². The van der Waals surface area contributed by atoms with Crippen molar-refractivity contribution in [2.75, 3.05) is 7.11 Å². The fraction of sp³-hybridized carbons (Fsp3) is 0.304. The van der Waals surface area contributed by atoms with Crippen molar-refractivity contribution in [2.24, 2.45) is 0 Å². The number of esters is 1. The molecule has 2 aliphatic carbocycles. The van der Waals surface area contributed by atoms with E-state index < -0.39 is 12.1 Å². The summed E-state index contributed by atoms with van der Waals surface area (Å²) in [6, 6.07) is 5.22. The maximum absolute atomic E-state index is 12.4. The predicted molar refractivity (Wildman–Crippen MR) is 111 cm³/mol. The van der Waals surface area contributed by atoms with Gasteiger partial charge in [0.15, 0.2) is 0 Å². The van der Waals surface area contributed by atoms with Crippen LogP contribution in [0.4, 0.5) is 4.79 Å². The second-order valence-corrected chi connectivity index (χ2v) is 7.83. The SMILES string of the molecule is C=C(C)C(=O)Oc1c2c(c(OC(=O)OC)c3cc(Cl)ccc13)C1C=C(CC)C2C1. The molecule has 2 atom stereocenters. The van der Waals surface area contributed by atoms with Gasteiger partial charge in [-0.2, -0.15) is 0 Å². The minimum atomic E-state index is -0.803. The smallest absolute Gasteiger partial charge is 0.437 e. The van der Waals surface area contributed by atoms with Crippen molar-refractivity contribution >= 4 is 34.5 Å².